The highest BCUT2D eigenvalue weighted by atomic mass is 16.5. The lowest BCUT2D eigenvalue weighted by molar-refractivity contribution is 0.222. The number of nitrogens with zero attached hydrogens (tertiary/aromatic N) is 5. The Hall–Kier alpha value is -3.22. The maximum absolute atomic E-state index is 6.09. The van der Waals surface area contributed by atoms with Crippen molar-refractivity contribution in [1.82, 2.24) is 19.9 Å². The Bertz CT molecular complexity index is 1020. The summed E-state index contributed by atoms with van der Waals surface area (Å²) in [5.74, 6) is 3.32. The molecule has 1 saturated carbocycles. The first-order valence-electron chi connectivity index (χ1n) is 10.1. The summed E-state index contributed by atoms with van der Waals surface area (Å²) in [5, 5.41) is 0. The van der Waals surface area contributed by atoms with Crippen LogP contribution in [0.2, 0.25) is 0 Å². The number of nitrogen functional groups attached to an aromatic ring is 1. The molecule has 2 N–H and O–H groups in total. The van der Waals surface area contributed by atoms with Crippen LogP contribution in [0, 0.1) is 0 Å². The molecule has 1 aliphatic carbocycles. The van der Waals surface area contributed by atoms with E-state index in [1.54, 1.807) is 12.4 Å². The lowest BCUT2D eigenvalue weighted by atomic mass is 10.1. The van der Waals surface area contributed by atoms with Gasteiger partial charge in [-0.25, -0.2) is 15.0 Å². The van der Waals surface area contributed by atoms with Crippen molar-refractivity contribution in [1.29, 1.82) is 0 Å². The van der Waals surface area contributed by atoms with E-state index in [1.165, 1.54) is 19.3 Å². The second-order valence-corrected chi connectivity index (χ2v) is 7.71. The zero-order valence-corrected chi connectivity index (χ0v) is 16.5. The average molecular weight is 388 g/mol. The smallest absolute Gasteiger partial charge is 0.166 e. The third-order valence-electron chi connectivity index (χ3n) is 5.44. The van der Waals surface area contributed by atoms with E-state index >= 15 is 0 Å². The maximum Gasteiger partial charge on any atom is 0.166 e. The normalized spacial score (nSPS) is 16.9. The Morgan fingerprint density at radius 3 is 2.69 bits per heavy atom. The van der Waals surface area contributed by atoms with Gasteiger partial charge in [-0.05, 0) is 44.4 Å². The van der Waals surface area contributed by atoms with Crippen LogP contribution in [0.1, 0.15) is 49.7 Å². The van der Waals surface area contributed by atoms with Gasteiger partial charge in [-0.2, -0.15) is 0 Å². The van der Waals surface area contributed by atoms with Crippen molar-refractivity contribution in [2.24, 2.45) is 0 Å². The molecule has 1 saturated heterocycles. The SMILES string of the molecule is CC(Oc1cc(-c2cc(N3CCC3)nc(C3CC3)n2)cnc1N)c1ccccn1. The number of ether oxygens (including phenoxy) is 1. The van der Waals surface area contributed by atoms with Crippen LogP contribution < -0.4 is 15.4 Å². The molecule has 7 heteroatoms. The van der Waals surface area contributed by atoms with Gasteiger partial charge in [0.05, 0.1) is 11.4 Å². The largest absolute Gasteiger partial charge is 0.481 e. The van der Waals surface area contributed by atoms with Gasteiger partial charge < -0.3 is 15.4 Å². The number of pyridine rings is 2. The molecule has 7 nitrogen and oxygen atoms in total. The summed E-state index contributed by atoms with van der Waals surface area (Å²) in [6, 6.07) is 9.72. The van der Waals surface area contributed by atoms with E-state index < -0.39 is 0 Å². The number of anilines is 2. The number of hydrogen-bond donors (Lipinski definition) is 1. The molecule has 0 spiro atoms. The van der Waals surface area contributed by atoms with Crippen LogP contribution in [-0.4, -0.2) is 33.0 Å². The van der Waals surface area contributed by atoms with E-state index in [4.69, 9.17) is 20.4 Å². The summed E-state index contributed by atoms with van der Waals surface area (Å²) >= 11 is 0. The average Bonchev–Trinajstić information content (AvgIpc) is 3.54. The minimum atomic E-state index is -0.236. The van der Waals surface area contributed by atoms with E-state index in [9.17, 15) is 0 Å². The molecule has 148 valence electrons. The van der Waals surface area contributed by atoms with E-state index in [0.717, 1.165) is 41.7 Å². The van der Waals surface area contributed by atoms with Crippen LogP contribution in [-0.2, 0) is 0 Å². The van der Waals surface area contributed by atoms with Gasteiger partial charge in [0.15, 0.2) is 11.6 Å². The third-order valence-corrected chi connectivity index (χ3v) is 5.44. The molecule has 1 atom stereocenters. The Balaban J connectivity index is 1.47. The molecule has 0 radical (unpaired) electrons. The van der Waals surface area contributed by atoms with Crippen molar-refractivity contribution in [2.45, 2.75) is 38.2 Å². The number of nitrogens with two attached hydrogens (primary N) is 1. The first-order valence-corrected chi connectivity index (χ1v) is 10.1. The molecule has 4 heterocycles. The van der Waals surface area contributed by atoms with Crippen molar-refractivity contribution in [3.63, 3.8) is 0 Å². The predicted molar refractivity (Wildman–Crippen MR) is 112 cm³/mol. The minimum absolute atomic E-state index is 0.236. The lowest BCUT2D eigenvalue weighted by Crippen LogP contribution is -2.37. The molecule has 1 unspecified atom stereocenters. The molecule has 3 aromatic rings. The zero-order chi connectivity index (χ0) is 19.8. The van der Waals surface area contributed by atoms with Gasteiger partial charge in [-0.15, -0.1) is 0 Å². The molecular formula is C22H24N6O. The Labute approximate surface area is 170 Å². The van der Waals surface area contributed by atoms with Crippen molar-refractivity contribution >= 4 is 11.6 Å². The fraction of sp³-hybridized carbons (Fsp3) is 0.364. The van der Waals surface area contributed by atoms with Crippen LogP contribution in [0.15, 0.2) is 42.7 Å². The molecule has 0 amide bonds. The monoisotopic (exact) mass is 388 g/mol. The van der Waals surface area contributed by atoms with Gasteiger partial charge in [-0.3, -0.25) is 4.98 Å². The zero-order valence-electron chi connectivity index (χ0n) is 16.5. The number of hydrogen-bond acceptors (Lipinski definition) is 7. The van der Waals surface area contributed by atoms with Crippen molar-refractivity contribution in [3.05, 3.63) is 54.2 Å². The van der Waals surface area contributed by atoms with Crippen LogP contribution in [0.5, 0.6) is 5.75 Å². The predicted octanol–water partition coefficient (Wildman–Crippen LogP) is 3.74. The third kappa shape index (κ3) is 3.72. The van der Waals surface area contributed by atoms with Crippen molar-refractivity contribution in [2.75, 3.05) is 23.7 Å². The van der Waals surface area contributed by atoms with Gasteiger partial charge in [0.2, 0.25) is 0 Å². The Morgan fingerprint density at radius 1 is 1.14 bits per heavy atom. The molecule has 0 bridgehead atoms. The summed E-state index contributed by atoms with van der Waals surface area (Å²) in [6.07, 6.45) is 6.82. The summed E-state index contributed by atoms with van der Waals surface area (Å²) in [7, 11) is 0. The van der Waals surface area contributed by atoms with Gasteiger partial charge in [0, 0.05) is 43.0 Å². The van der Waals surface area contributed by atoms with Crippen LogP contribution in [0.3, 0.4) is 0 Å². The van der Waals surface area contributed by atoms with Crippen LogP contribution in [0.25, 0.3) is 11.3 Å². The van der Waals surface area contributed by atoms with E-state index in [2.05, 4.69) is 14.9 Å². The number of aromatic nitrogens is 4. The summed E-state index contributed by atoms with van der Waals surface area (Å²) in [6.45, 7) is 4.05. The molecule has 1 aliphatic heterocycles. The van der Waals surface area contributed by atoms with Crippen molar-refractivity contribution < 1.29 is 4.74 Å². The molecule has 2 fully saturated rings. The fourth-order valence-corrected chi connectivity index (χ4v) is 3.39. The standard InChI is InChI=1S/C22H24N6O/c1-14(17-5-2-3-8-24-17)29-19-11-16(13-25-21(19)23)18-12-20(28-9-4-10-28)27-22(26-18)15-6-7-15/h2-3,5,8,11-15H,4,6-7,9-10H2,1H3,(H2,23,25). The maximum atomic E-state index is 6.09. The van der Waals surface area contributed by atoms with Crippen molar-refractivity contribution in [3.8, 4) is 17.0 Å². The molecule has 2 aliphatic rings. The molecule has 0 aromatic carbocycles. The first-order chi connectivity index (χ1) is 14.2. The van der Waals surface area contributed by atoms with Gasteiger partial charge in [0.1, 0.15) is 17.7 Å². The minimum Gasteiger partial charge on any atom is -0.481 e. The van der Waals surface area contributed by atoms with Gasteiger partial charge >= 0.3 is 0 Å². The number of rotatable bonds is 6. The van der Waals surface area contributed by atoms with Crippen LogP contribution >= 0.6 is 0 Å². The second kappa shape index (κ2) is 7.31. The summed E-state index contributed by atoms with van der Waals surface area (Å²) in [5.41, 5.74) is 8.69. The molecule has 29 heavy (non-hydrogen) atoms. The highest BCUT2D eigenvalue weighted by molar-refractivity contribution is 5.67. The topological polar surface area (TPSA) is 90.0 Å². The van der Waals surface area contributed by atoms with E-state index in [0.29, 0.717) is 17.5 Å². The summed E-state index contributed by atoms with van der Waals surface area (Å²) < 4.78 is 6.09. The quantitative estimate of drug-likeness (QED) is 0.688. The second-order valence-electron chi connectivity index (χ2n) is 7.71. The fourth-order valence-electron chi connectivity index (χ4n) is 3.39. The van der Waals surface area contributed by atoms with Gasteiger partial charge in [0.25, 0.3) is 0 Å². The Morgan fingerprint density at radius 2 is 2.00 bits per heavy atom. The molecule has 5 rings (SSSR count). The van der Waals surface area contributed by atoms with E-state index in [-0.39, 0.29) is 6.10 Å². The Kier molecular flexibility index (Phi) is 4.50. The van der Waals surface area contributed by atoms with Crippen LogP contribution in [0.4, 0.5) is 11.6 Å². The molecule has 3 aromatic heterocycles. The first kappa shape index (κ1) is 17.8. The lowest BCUT2D eigenvalue weighted by Gasteiger charge is -2.32. The molecular weight excluding hydrogens is 364 g/mol. The summed E-state index contributed by atoms with van der Waals surface area (Å²) in [4.78, 5) is 20.6. The highest BCUT2D eigenvalue weighted by Crippen LogP contribution is 2.40. The highest BCUT2D eigenvalue weighted by Gasteiger charge is 2.29. The van der Waals surface area contributed by atoms with E-state index in [1.807, 2.05) is 37.3 Å². The van der Waals surface area contributed by atoms with Gasteiger partial charge in [-0.1, -0.05) is 6.07 Å².